The van der Waals surface area contributed by atoms with Gasteiger partial charge in [-0.15, -0.1) is 0 Å². The second kappa shape index (κ2) is 10.7. The number of halogens is 3. The molecule has 32 heavy (non-hydrogen) atoms. The third kappa shape index (κ3) is 7.36. The highest BCUT2D eigenvalue weighted by molar-refractivity contribution is 5.93. The van der Waals surface area contributed by atoms with Gasteiger partial charge in [-0.25, -0.2) is 4.98 Å². The number of aliphatic carboxylic acids is 2. The lowest BCUT2D eigenvalue weighted by Gasteiger charge is -2.28. The molecule has 1 amide bonds. The largest absolute Gasteiger partial charge is 0.542 e. The van der Waals surface area contributed by atoms with E-state index in [9.17, 15) is 22.8 Å². The summed E-state index contributed by atoms with van der Waals surface area (Å²) < 4.78 is 31.5. The number of benzene rings is 1. The van der Waals surface area contributed by atoms with Crippen molar-refractivity contribution >= 4 is 17.8 Å². The second-order valence-corrected chi connectivity index (χ2v) is 7.60. The van der Waals surface area contributed by atoms with Crippen LogP contribution in [0.25, 0.3) is 11.1 Å². The van der Waals surface area contributed by atoms with E-state index in [0.29, 0.717) is 23.8 Å². The molecule has 1 aromatic heterocycles. The Bertz CT molecular complexity index is 953. The van der Waals surface area contributed by atoms with Crippen molar-refractivity contribution < 1.29 is 42.8 Å². The van der Waals surface area contributed by atoms with Crippen LogP contribution in [-0.2, 0) is 9.59 Å². The van der Waals surface area contributed by atoms with Crippen LogP contribution in [-0.4, -0.2) is 29.1 Å². The Morgan fingerprint density at radius 3 is 2.06 bits per heavy atom. The predicted octanol–water partition coefficient (Wildman–Crippen LogP) is 2.31. The zero-order chi connectivity index (χ0) is 23.9. The fraction of sp³-hybridized carbons (Fsp3) is 0.364. The van der Waals surface area contributed by atoms with Crippen LogP contribution in [0.2, 0.25) is 0 Å². The molecule has 7 nitrogen and oxygen atoms in total. The number of alkyl halides is 3. The van der Waals surface area contributed by atoms with E-state index in [2.05, 4.69) is 29.2 Å². The monoisotopic (exact) mass is 452 g/mol. The van der Waals surface area contributed by atoms with Gasteiger partial charge in [-0.3, -0.25) is 9.59 Å². The molecule has 1 fully saturated rings. The fourth-order valence-electron chi connectivity index (χ4n) is 3.68. The Morgan fingerprint density at radius 2 is 1.59 bits per heavy atom. The molecule has 2 aromatic rings. The van der Waals surface area contributed by atoms with Crippen molar-refractivity contribution in [3.63, 3.8) is 0 Å². The van der Waals surface area contributed by atoms with Crippen molar-refractivity contribution in [1.82, 2.24) is 0 Å². The molecule has 4 N–H and O–H groups in total. The summed E-state index contributed by atoms with van der Waals surface area (Å²) in [4.78, 5) is 33.9. The van der Waals surface area contributed by atoms with Gasteiger partial charge in [0.1, 0.15) is 11.5 Å². The van der Waals surface area contributed by atoms with Gasteiger partial charge >= 0.3 is 12.1 Å². The highest BCUT2D eigenvalue weighted by Gasteiger charge is 2.29. The van der Waals surface area contributed by atoms with Gasteiger partial charge in [0.15, 0.2) is 12.4 Å². The van der Waals surface area contributed by atoms with E-state index >= 15 is 0 Å². The Kier molecular flexibility index (Phi) is 8.34. The Hall–Kier alpha value is -3.43. The normalized spacial score (nSPS) is 18.2. The lowest BCUT2D eigenvalue weighted by molar-refractivity contribution is -0.377. The smallest absolute Gasteiger partial charge is 0.430 e. The second-order valence-electron chi connectivity index (χ2n) is 7.60. The summed E-state index contributed by atoms with van der Waals surface area (Å²) in [6.45, 7) is 0. The number of carboxylic acids is 2. The minimum absolute atomic E-state index is 0.290. The molecule has 0 saturated heterocycles. The number of aromatic nitrogens is 1. The minimum atomic E-state index is -5.19. The SMILES string of the molecule is NC(=O)c1c[nH+]cc(-c2ccc(C3CCC(CC(=O)O)CC3)cc2)c1.O=C([O-])C(F)(F)F. The van der Waals surface area contributed by atoms with Crippen LogP contribution in [0.3, 0.4) is 0 Å². The summed E-state index contributed by atoms with van der Waals surface area (Å²) in [6, 6.07) is 10.2. The molecule has 10 heteroatoms. The van der Waals surface area contributed by atoms with E-state index in [-0.39, 0.29) is 0 Å². The standard InChI is InChI=1S/C20H22N2O3.C2HF3O2/c21-20(25)18-10-17(11-22-12-18)16-7-5-15(6-8-16)14-3-1-13(2-4-14)9-19(23)24;3-2(4,5)1(6)7/h5-8,10-14H,1-4,9H2,(H2,21,25)(H,23,24);(H,6,7). The molecule has 0 spiro atoms. The summed E-state index contributed by atoms with van der Waals surface area (Å²) in [5, 5.41) is 17.7. The van der Waals surface area contributed by atoms with E-state index in [1.165, 1.54) is 5.56 Å². The third-order valence-electron chi connectivity index (χ3n) is 5.33. The molecule has 1 aliphatic carbocycles. The van der Waals surface area contributed by atoms with Gasteiger partial charge in [-0.05, 0) is 54.7 Å². The molecule has 172 valence electrons. The molecule has 0 unspecified atom stereocenters. The van der Waals surface area contributed by atoms with Crippen molar-refractivity contribution in [3.8, 4) is 11.1 Å². The summed E-state index contributed by atoms with van der Waals surface area (Å²) in [5.41, 5.74) is 9.04. The number of carbonyl (C=O) groups is 3. The number of primary amides is 1. The van der Waals surface area contributed by atoms with E-state index in [4.69, 9.17) is 20.7 Å². The van der Waals surface area contributed by atoms with Gasteiger partial charge in [-0.1, -0.05) is 24.3 Å². The van der Waals surface area contributed by atoms with Gasteiger partial charge in [0.25, 0.3) is 5.91 Å². The van der Waals surface area contributed by atoms with Gasteiger partial charge < -0.3 is 20.7 Å². The fourth-order valence-corrected chi connectivity index (χ4v) is 3.68. The molecule has 1 saturated carbocycles. The topological polar surface area (TPSA) is 135 Å². The molecular weight excluding hydrogens is 429 g/mol. The van der Waals surface area contributed by atoms with Crippen LogP contribution >= 0.6 is 0 Å². The quantitative estimate of drug-likeness (QED) is 0.718. The Morgan fingerprint density at radius 1 is 1.03 bits per heavy atom. The number of hydrogen-bond acceptors (Lipinski definition) is 4. The Labute approximate surface area is 182 Å². The van der Waals surface area contributed by atoms with E-state index < -0.39 is 24.0 Å². The van der Waals surface area contributed by atoms with Crippen molar-refractivity contribution in [2.75, 3.05) is 0 Å². The number of H-pyrrole nitrogens is 1. The van der Waals surface area contributed by atoms with Crippen LogP contribution in [0.1, 0.15) is 53.9 Å². The molecule has 3 rings (SSSR count). The highest BCUT2D eigenvalue weighted by atomic mass is 19.4. The number of nitrogens with one attached hydrogen (secondary N) is 1. The minimum Gasteiger partial charge on any atom is -0.542 e. The van der Waals surface area contributed by atoms with Gasteiger partial charge in [0.2, 0.25) is 0 Å². The molecule has 0 aliphatic heterocycles. The van der Waals surface area contributed by atoms with Crippen LogP contribution in [0, 0.1) is 5.92 Å². The molecule has 0 radical (unpaired) electrons. The van der Waals surface area contributed by atoms with Crippen molar-refractivity contribution in [3.05, 3.63) is 53.9 Å². The summed E-state index contributed by atoms with van der Waals surface area (Å²) in [6.07, 6.45) is 2.58. The first-order valence-electron chi connectivity index (χ1n) is 9.88. The maximum atomic E-state index is 11.3. The van der Waals surface area contributed by atoms with Crippen LogP contribution in [0.4, 0.5) is 13.2 Å². The van der Waals surface area contributed by atoms with Crippen LogP contribution in [0.15, 0.2) is 42.7 Å². The van der Waals surface area contributed by atoms with Crippen LogP contribution in [0.5, 0.6) is 0 Å². The first-order valence-corrected chi connectivity index (χ1v) is 9.88. The number of hydrogen-bond donors (Lipinski definition) is 2. The molecule has 0 bridgehead atoms. The van der Waals surface area contributed by atoms with E-state index in [1.807, 2.05) is 6.20 Å². The molecule has 1 aromatic carbocycles. The number of pyridine rings is 1. The number of nitrogens with two attached hydrogens (primary N) is 1. The molecular formula is C22H23F3N2O5. The molecule has 0 atom stereocenters. The van der Waals surface area contributed by atoms with Gasteiger partial charge in [0.05, 0.1) is 0 Å². The number of carboxylic acid groups (broad SMARTS) is 2. The zero-order valence-corrected chi connectivity index (χ0v) is 17.0. The van der Waals surface area contributed by atoms with Crippen molar-refractivity contribution in [2.45, 2.75) is 44.2 Å². The average Bonchev–Trinajstić information content (AvgIpc) is 2.74. The van der Waals surface area contributed by atoms with Gasteiger partial charge in [0, 0.05) is 12.0 Å². The summed E-state index contributed by atoms with van der Waals surface area (Å²) in [7, 11) is 0. The zero-order valence-electron chi connectivity index (χ0n) is 17.0. The third-order valence-corrected chi connectivity index (χ3v) is 5.33. The first kappa shape index (κ1) is 24.8. The summed E-state index contributed by atoms with van der Waals surface area (Å²) >= 11 is 0. The van der Waals surface area contributed by atoms with E-state index in [1.54, 1.807) is 12.3 Å². The maximum absolute atomic E-state index is 11.3. The van der Waals surface area contributed by atoms with E-state index in [0.717, 1.165) is 36.8 Å². The molecule has 1 aliphatic rings. The maximum Gasteiger partial charge on any atom is 0.430 e. The number of carbonyl (C=O) groups excluding carboxylic acids is 2. The van der Waals surface area contributed by atoms with Crippen LogP contribution < -0.4 is 15.8 Å². The highest BCUT2D eigenvalue weighted by Crippen LogP contribution is 2.37. The van der Waals surface area contributed by atoms with Crippen molar-refractivity contribution in [2.24, 2.45) is 11.7 Å². The predicted molar refractivity (Wildman–Crippen MR) is 105 cm³/mol. The van der Waals surface area contributed by atoms with Crippen molar-refractivity contribution in [1.29, 1.82) is 0 Å². The molecule has 1 heterocycles. The first-order chi connectivity index (χ1) is 15.0. The lowest BCUT2D eigenvalue weighted by atomic mass is 9.77. The van der Waals surface area contributed by atoms with Gasteiger partial charge in [-0.2, -0.15) is 13.2 Å². The average molecular weight is 452 g/mol. The number of amides is 1. The summed E-state index contributed by atoms with van der Waals surface area (Å²) in [5.74, 6) is -3.33. The number of aromatic amines is 1. The number of rotatable bonds is 5. The Balaban J connectivity index is 0.000000451. The lowest BCUT2D eigenvalue weighted by Crippen LogP contribution is -2.37.